The van der Waals surface area contributed by atoms with Gasteiger partial charge in [0.05, 0.1) is 11.2 Å². The van der Waals surface area contributed by atoms with E-state index in [0.29, 0.717) is 23.3 Å². The molecule has 0 saturated carbocycles. The van der Waals surface area contributed by atoms with Crippen molar-refractivity contribution in [1.82, 2.24) is 0 Å². The average molecular weight is 250 g/mol. The van der Waals surface area contributed by atoms with Gasteiger partial charge in [0, 0.05) is 5.57 Å². The van der Waals surface area contributed by atoms with E-state index in [9.17, 15) is 14.7 Å². The second-order valence-electron chi connectivity index (χ2n) is 5.27. The molecule has 0 aromatic rings. The average Bonchev–Trinajstić information content (AvgIpc) is 2.35. The lowest BCUT2D eigenvalue weighted by Gasteiger charge is -2.42. The third-order valence-electron chi connectivity index (χ3n) is 4.28. The van der Waals surface area contributed by atoms with Crippen molar-refractivity contribution in [3.05, 3.63) is 23.0 Å². The van der Waals surface area contributed by atoms with Gasteiger partial charge in [0.15, 0.2) is 17.2 Å². The number of carbonyl (C=O) groups excluding carboxylic acids is 2. The van der Waals surface area contributed by atoms with Crippen LogP contribution in [0.1, 0.15) is 34.1 Å². The number of ether oxygens (including phenoxy) is 1. The predicted octanol–water partition coefficient (Wildman–Crippen LogP) is 1.54. The van der Waals surface area contributed by atoms with Gasteiger partial charge in [0.2, 0.25) is 0 Å². The number of fused-ring (bicyclic) bond motifs is 1. The van der Waals surface area contributed by atoms with Gasteiger partial charge < -0.3 is 9.84 Å². The number of Topliss-reactive ketones (excluding diaryl/α,β-unsaturated/α-hetero) is 1. The molecule has 0 bridgehead atoms. The maximum atomic E-state index is 12.5. The molecule has 0 fully saturated rings. The fraction of sp³-hybridized carbons (Fsp3) is 0.571. The molecule has 2 aliphatic rings. The Kier molecular flexibility index (Phi) is 2.74. The van der Waals surface area contributed by atoms with Crippen molar-refractivity contribution in [3.8, 4) is 0 Å². The first kappa shape index (κ1) is 13.0. The highest BCUT2D eigenvalue weighted by molar-refractivity contribution is 6.19. The summed E-state index contributed by atoms with van der Waals surface area (Å²) in [5.74, 6) is -0.0396. The Bertz CT molecular complexity index is 500. The molecular weight excluding hydrogens is 232 g/mol. The quantitative estimate of drug-likeness (QED) is 0.717. The number of rotatable bonds is 1. The van der Waals surface area contributed by atoms with Crippen LogP contribution in [0.2, 0.25) is 0 Å². The van der Waals surface area contributed by atoms with E-state index in [-0.39, 0.29) is 12.4 Å². The summed E-state index contributed by atoms with van der Waals surface area (Å²) >= 11 is 0. The van der Waals surface area contributed by atoms with Crippen LogP contribution >= 0.6 is 0 Å². The number of aliphatic hydroxyl groups is 1. The molecule has 1 heterocycles. The monoisotopic (exact) mass is 250 g/mol. The Morgan fingerprint density at radius 3 is 2.56 bits per heavy atom. The Labute approximate surface area is 106 Å². The van der Waals surface area contributed by atoms with Gasteiger partial charge in [-0.25, -0.2) is 0 Å². The highest BCUT2D eigenvalue weighted by Gasteiger charge is 2.57. The number of allylic oxidation sites excluding steroid dienone is 2. The van der Waals surface area contributed by atoms with Crippen molar-refractivity contribution in [2.24, 2.45) is 5.41 Å². The summed E-state index contributed by atoms with van der Waals surface area (Å²) in [6.07, 6.45) is 1.78. The van der Waals surface area contributed by atoms with Crippen molar-refractivity contribution in [2.45, 2.75) is 39.7 Å². The normalized spacial score (nSPS) is 36.2. The molecule has 0 saturated heterocycles. The van der Waals surface area contributed by atoms with Crippen molar-refractivity contribution < 1.29 is 19.4 Å². The lowest BCUT2D eigenvalue weighted by atomic mass is 9.64. The molecule has 18 heavy (non-hydrogen) atoms. The number of hydrogen-bond acceptors (Lipinski definition) is 4. The van der Waals surface area contributed by atoms with E-state index < -0.39 is 16.8 Å². The standard InChI is InChI=1S/C14H18O4/c1-5-13(4)11(15)6-10-8(2)9(3)18-7-14(10,17)12(13)16/h6,17H,5,7H2,1-4H3/t13-,14?/m1/s1. The molecule has 1 aliphatic heterocycles. The summed E-state index contributed by atoms with van der Waals surface area (Å²) < 4.78 is 5.36. The van der Waals surface area contributed by atoms with Gasteiger partial charge in [0.25, 0.3) is 0 Å². The van der Waals surface area contributed by atoms with Crippen molar-refractivity contribution in [3.63, 3.8) is 0 Å². The van der Waals surface area contributed by atoms with E-state index in [1.54, 1.807) is 27.7 Å². The highest BCUT2D eigenvalue weighted by Crippen LogP contribution is 2.43. The Morgan fingerprint density at radius 2 is 2.00 bits per heavy atom. The topological polar surface area (TPSA) is 63.6 Å². The van der Waals surface area contributed by atoms with Gasteiger partial charge in [-0.05, 0) is 38.8 Å². The molecular formula is C14H18O4. The fourth-order valence-corrected chi connectivity index (χ4v) is 2.51. The molecule has 0 amide bonds. The summed E-state index contributed by atoms with van der Waals surface area (Å²) in [5, 5.41) is 10.6. The molecule has 0 radical (unpaired) electrons. The lowest BCUT2D eigenvalue weighted by Crippen LogP contribution is -2.58. The number of carbonyl (C=O) groups is 2. The second-order valence-corrected chi connectivity index (χ2v) is 5.27. The summed E-state index contributed by atoms with van der Waals surface area (Å²) in [7, 11) is 0. The molecule has 1 aliphatic carbocycles. The van der Waals surface area contributed by atoms with E-state index in [2.05, 4.69) is 0 Å². The van der Waals surface area contributed by atoms with E-state index in [1.165, 1.54) is 6.08 Å². The van der Waals surface area contributed by atoms with Crippen LogP contribution < -0.4 is 0 Å². The predicted molar refractivity (Wildman–Crippen MR) is 65.8 cm³/mol. The van der Waals surface area contributed by atoms with Crippen LogP contribution in [0.4, 0.5) is 0 Å². The van der Waals surface area contributed by atoms with Gasteiger partial charge in [-0.1, -0.05) is 6.92 Å². The van der Waals surface area contributed by atoms with Crippen LogP contribution in [0.3, 0.4) is 0 Å². The van der Waals surface area contributed by atoms with Crippen molar-refractivity contribution in [2.75, 3.05) is 6.61 Å². The largest absolute Gasteiger partial charge is 0.494 e. The first-order valence-electron chi connectivity index (χ1n) is 6.12. The zero-order chi connectivity index (χ0) is 13.7. The second kappa shape index (κ2) is 3.79. The maximum absolute atomic E-state index is 12.5. The molecule has 1 N–H and O–H groups in total. The van der Waals surface area contributed by atoms with Crippen LogP contribution in [-0.4, -0.2) is 28.9 Å². The maximum Gasteiger partial charge on any atom is 0.186 e. The zero-order valence-corrected chi connectivity index (χ0v) is 11.2. The van der Waals surface area contributed by atoms with E-state index in [1.807, 2.05) is 0 Å². The van der Waals surface area contributed by atoms with Gasteiger partial charge in [-0.15, -0.1) is 0 Å². The molecule has 1 unspecified atom stereocenters. The van der Waals surface area contributed by atoms with Gasteiger partial charge >= 0.3 is 0 Å². The Hall–Kier alpha value is -1.42. The molecule has 0 aromatic carbocycles. The summed E-state index contributed by atoms with van der Waals surface area (Å²) in [4.78, 5) is 24.6. The van der Waals surface area contributed by atoms with Crippen LogP contribution in [-0.2, 0) is 14.3 Å². The molecule has 2 rings (SSSR count). The Balaban J connectivity index is 2.66. The third-order valence-corrected chi connectivity index (χ3v) is 4.28. The lowest BCUT2D eigenvalue weighted by molar-refractivity contribution is -0.155. The SMILES string of the molecule is CC[C@]1(C)C(=O)C=C2C(C)=C(C)OCC2(O)C1=O. The number of ketones is 2. The first-order chi connectivity index (χ1) is 8.27. The summed E-state index contributed by atoms with van der Waals surface area (Å²) in [6, 6.07) is 0. The van der Waals surface area contributed by atoms with Crippen molar-refractivity contribution >= 4 is 11.6 Å². The first-order valence-corrected chi connectivity index (χ1v) is 6.12. The minimum Gasteiger partial charge on any atom is -0.494 e. The molecule has 4 nitrogen and oxygen atoms in total. The molecule has 4 heteroatoms. The van der Waals surface area contributed by atoms with Gasteiger partial charge in [-0.2, -0.15) is 0 Å². The Morgan fingerprint density at radius 1 is 1.39 bits per heavy atom. The van der Waals surface area contributed by atoms with E-state index in [4.69, 9.17) is 4.74 Å². The zero-order valence-electron chi connectivity index (χ0n) is 11.2. The molecule has 2 atom stereocenters. The fourth-order valence-electron chi connectivity index (χ4n) is 2.51. The highest BCUT2D eigenvalue weighted by atomic mass is 16.5. The van der Waals surface area contributed by atoms with Gasteiger partial charge in [0.1, 0.15) is 6.61 Å². The third kappa shape index (κ3) is 1.42. The molecule has 0 aromatic heterocycles. The minimum absolute atomic E-state index is 0.107. The molecule has 0 spiro atoms. The van der Waals surface area contributed by atoms with Crippen LogP contribution in [0.15, 0.2) is 23.0 Å². The van der Waals surface area contributed by atoms with Crippen molar-refractivity contribution in [1.29, 1.82) is 0 Å². The smallest absolute Gasteiger partial charge is 0.186 e. The van der Waals surface area contributed by atoms with E-state index >= 15 is 0 Å². The van der Waals surface area contributed by atoms with Gasteiger partial charge in [-0.3, -0.25) is 9.59 Å². The van der Waals surface area contributed by atoms with Crippen LogP contribution in [0.5, 0.6) is 0 Å². The van der Waals surface area contributed by atoms with Crippen LogP contribution in [0, 0.1) is 5.41 Å². The van der Waals surface area contributed by atoms with E-state index in [0.717, 1.165) is 0 Å². The summed E-state index contributed by atoms with van der Waals surface area (Å²) in [6.45, 7) is 6.77. The number of hydrogen-bond donors (Lipinski definition) is 1. The molecule has 98 valence electrons. The van der Waals surface area contributed by atoms with Crippen LogP contribution in [0.25, 0.3) is 0 Å². The summed E-state index contributed by atoms with van der Waals surface area (Å²) in [5.41, 5.74) is -1.76. The minimum atomic E-state index is -1.68.